The molecule has 2 heterocycles. The Hall–Kier alpha value is -1.91. The Balaban J connectivity index is 2.46. The third-order valence-electron chi connectivity index (χ3n) is 1.52. The number of aryl methyl sites for hydroxylation is 1. The molecule has 0 aliphatic rings. The summed E-state index contributed by atoms with van der Waals surface area (Å²) >= 11 is 0. The lowest BCUT2D eigenvalue weighted by Gasteiger charge is -1.93. The average Bonchev–Trinajstić information content (AvgIpc) is 2.52. The standard InChI is InChI=1S/C8H8N4O/c1-5-10-8(13-12-5)6-3-2-4-7(9)11-6/h2-4H,1H3,(H2,9,11). The first-order valence-corrected chi connectivity index (χ1v) is 3.79. The lowest BCUT2D eigenvalue weighted by atomic mass is 10.3. The van der Waals surface area contributed by atoms with Gasteiger partial charge >= 0.3 is 0 Å². The van der Waals surface area contributed by atoms with Crippen LogP contribution >= 0.6 is 0 Å². The number of hydrogen-bond donors (Lipinski definition) is 1. The molecule has 0 aliphatic heterocycles. The van der Waals surface area contributed by atoms with Gasteiger partial charge in [-0.25, -0.2) is 4.98 Å². The maximum absolute atomic E-state index is 5.50. The lowest BCUT2D eigenvalue weighted by Crippen LogP contribution is -1.91. The fourth-order valence-corrected chi connectivity index (χ4v) is 0.972. The molecule has 13 heavy (non-hydrogen) atoms. The second-order valence-corrected chi connectivity index (χ2v) is 2.59. The van der Waals surface area contributed by atoms with E-state index in [2.05, 4.69) is 15.1 Å². The molecular formula is C8H8N4O. The van der Waals surface area contributed by atoms with Gasteiger partial charge in [-0.05, 0) is 19.1 Å². The van der Waals surface area contributed by atoms with E-state index in [0.717, 1.165) is 0 Å². The van der Waals surface area contributed by atoms with Crippen LogP contribution in [0.4, 0.5) is 5.82 Å². The van der Waals surface area contributed by atoms with E-state index in [-0.39, 0.29) is 0 Å². The van der Waals surface area contributed by atoms with Gasteiger partial charge in [-0.3, -0.25) is 0 Å². The number of anilines is 1. The molecule has 0 saturated carbocycles. The zero-order chi connectivity index (χ0) is 9.26. The molecule has 0 amide bonds. The molecule has 2 N–H and O–H groups in total. The fraction of sp³-hybridized carbons (Fsp3) is 0.125. The maximum atomic E-state index is 5.50. The predicted molar refractivity (Wildman–Crippen MR) is 46.7 cm³/mol. The van der Waals surface area contributed by atoms with Crippen molar-refractivity contribution in [2.24, 2.45) is 0 Å². The molecule has 0 atom stereocenters. The summed E-state index contributed by atoms with van der Waals surface area (Å²) in [6.07, 6.45) is 0. The van der Waals surface area contributed by atoms with Crippen molar-refractivity contribution < 1.29 is 4.52 Å². The van der Waals surface area contributed by atoms with Gasteiger partial charge in [0.1, 0.15) is 11.5 Å². The van der Waals surface area contributed by atoms with E-state index in [1.807, 2.05) is 0 Å². The predicted octanol–water partition coefficient (Wildman–Crippen LogP) is 1.02. The van der Waals surface area contributed by atoms with Crippen molar-refractivity contribution in [1.82, 2.24) is 15.1 Å². The quantitative estimate of drug-likeness (QED) is 0.701. The van der Waals surface area contributed by atoms with E-state index in [1.165, 1.54) is 0 Å². The van der Waals surface area contributed by atoms with Gasteiger partial charge < -0.3 is 10.3 Å². The maximum Gasteiger partial charge on any atom is 0.276 e. The Labute approximate surface area is 74.6 Å². The second kappa shape index (κ2) is 2.85. The van der Waals surface area contributed by atoms with Crippen LogP contribution in [-0.2, 0) is 0 Å². The Morgan fingerprint density at radius 1 is 1.31 bits per heavy atom. The molecule has 5 nitrogen and oxygen atoms in total. The third kappa shape index (κ3) is 1.48. The SMILES string of the molecule is Cc1noc(-c2cccc(N)n2)n1. The molecule has 0 unspecified atom stereocenters. The summed E-state index contributed by atoms with van der Waals surface area (Å²) in [5.74, 6) is 1.41. The van der Waals surface area contributed by atoms with Crippen LogP contribution in [0, 0.1) is 6.92 Å². The molecule has 2 aromatic rings. The smallest absolute Gasteiger partial charge is 0.276 e. The molecule has 0 saturated heterocycles. The minimum Gasteiger partial charge on any atom is -0.384 e. The van der Waals surface area contributed by atoms with Gasteiger partial charge in [0, 0.05) is 0 Å². The highest BCUT2D eigenvalue weighted by atomic mass is 16.5. The van der Waals surface area contributed by atoms with Gasteiger partial charge in [-0.15, -0.1) is 0 Å². The molecule has 0 aliphatic carbocycles. The number of rotatable bonds is 1. The number of hydrogen-bond acceptors (Lipinski definition) is 5. The highest BCUT2D eigenvalue weighted by molar-refractivity contribution is 5.49. The van der Waals surface area contributed by atoms with Gasteiger partial charge in [0.15, 0.2) is 5.82 Å². The zero-order valence-corrected chi connectivity index (χ0v) is 7.06. The highest BCUT2D eigenvalue weighted by Crippen LogP contribution is 2.14. The molecule has 0 spiro atoms. The summed E-state index contributed by atoms with van der Waals surface area (Å²) in [6.45, 7) is 1.75. The molecule has 0 fully saturated rings. The van der Waals surface area contributed by atoms with E-state index in [9.17, 15) is 0 Å². The molecule has 0 radical (unpaired) electrons. The van der Waals surface area contributed by atoms with Gasteiger partial charge in [0.05, 0.1) is 0 Å². The van der Waals surface area contributed by atoms with Crippen LogP contribution < -0.4 is 5.73 Å². The Morgan fingerprint density at radius 2 is 2.15 bits per heavy atom. The molecule has 0 aromatic carbocycles. The first kappa shape index (κ1) is 7.72. The van der Waals surface area contributed by atoms with Crippen LogP contribution in [0.5, 0.6) is 0 Å². The molecule has 2 aromatic heterocycles. The van der Waals surface area contributed by atoms with Gasteiger partial charge in [0.25, 0.3) is 5.89 Å². The zero-order valence-electron chi connectivity index (χ0n) is 7.06. The van der Waals surface area contributed by atoms with Crippen LogP contribution in [0.15, 0.2) is 22.7 Å². The van der Waals surface area contributed by atoms with Crippen molar-refractivity contribution in [3.63, 3.8) is 0 Å². The monoisotopic (exact) mass is 176 g/mol. The Morgan fingerprint density at radius 3 is 2.77 bits per heavy atom. The Bertz CT molecular complexity index is 424. The summed E-state index contributed by atoms with van der Waals surface area (Å²) in [6, 6.07) is 5.26. The largest absolute Gasteiger partial charge is 0.384 e. The number of nitrogens with two attached hydrogens (primary N) is 1. The van der Waals surface area contributed by atoms with Crippen LogP contribution in [-0.4, -0.2) is 15.1 Å². The van der Waals surface area contributed by atoms with Crippen LogP contribution in [0.25, 0.3) is 11.6 Å². The van der Waals surface area contributed by atoms with E-state index >= 15 is 0 Å². The van der Waals surface area contributed by atoms with Crippen LogP contribution in [0.3, 0.4) is 0 Å². The van der Waals surface area contributed by atoms with Crippen molar-refractivity contribution in [3.05, 3.63) is 24.0 Å². The molecular weight excluding hydrogens is 168 g/mol. The highest BCUT2D eigenvalue weighted by Gasteiger charge is 2.06. The first-order valence-electron chi connectivity index (χ1n) is 3.79. The average molecular weight is 176 g/mol. The van der Waals surface area contributed by atoms with E-state index in [1.54, 1.807) is 25.1 Å². The number of nitrogens with zero attached hydrogens (tertiary/aromatic N) is 3. The third-order valence-corrected chi connectivity index (χ3v) is 1.52. The first-order chi connectivity index (χ1) is 6.25. The number of pyridine rings is 1. The minimum atomic E-state index is 0.393. The van der Waals surface area contributed by atoms with Gasteiger partial charge in [-0.2, -0.15) is 4.98 Å². The van der Waals surface area contributed by atoms with Crippen molar-refractivity contribution >= 4 is 5.82 Å². The summed E-state index contributed by atoms with van der Waals surface area (Å²) in [7, 11) is 0. The van der Waals surface area contributed by atoms with Crippen molar-refractivity contribution in [3.8, 4) is 11.6 Å². The molecule has 66 valence electrons. The van der Waals surface area contributed by atoms with Crippen LogP contribution in [0.2, 0.25) is 0 Å². The summed E-state index contributed by atoms with van der Waals surface area (Å²) in [5.41, 5.74) is 6.10. The van der Waals surface area contributed by atoms with E-state index < -0.39 is 0 Å². The van der Waals surface area contributed by atoms with E-state index in [4.69, 9.17) is 10.3 Å². The summed E-state index contributed by atoms with van der Waals surface area (Å²) in [5, 5.41) is 3.66. The Kier molecular flexibility index (Phi) is 1.70. The number of aromatic nitrogens is 3. The fourth-order valence-electron chi connectivity index (χ4n) is 0.972. The molecule has 2 rings (SSSR count). The molecule has 5 heteroatoms. The normalized spacial score (nSPS) is 10.2. The van der Waals surface area contributed by atoms with E-state index in [0.29, 0.717) is 23.2 Å². The van der Waals surface area contributed by atoms with Crippen LogP contribution in [0.1, 0.15) is 5.82 Å². The van der Waals surface area contributed by atoms with Gasteiger partial charge in [0.2, 0.25) is 0 Å². The minimum absolute atomic E-state index is 0.393. The summed E-state index contributed by atoms with van der Waals surface area (Å²) < 4.78 is 4.93. The summed E-state index contributed by atoms with van der Waals surface area (Å²) in [4.78, 5) is 8.06. The van der Waals surface area contributed by atoms with Crippen molar-refractivity contribution in [1.29, 1.82) is 0 Å². The second-order valence-electron chi connectivity index (χ2n) is 2.59. The van der Waals surface area contributed by atoms with Crippen molar-refractivity contribution in [2.75, 3.05) is 5.73 Å². The lowest BCUT2D eigenvalue weighted by molar-refractivity contribution is 0.424. The van der Waals surface area contributed by atoms with Crippen molar-refractivity contribution in [2.45, 2.75) is 6.92 Å². The number of nitrogen functional groups attached to an aromatic ring is 1. The molecule has 0 bridgehead atoms. The van der Waals surface area contributed by atoms with Gasteiger partial charge in [-0.1, -0.05) is 11.2 Å². The topological polar surface area (TPSA) is 77.8 Å².